The number of aliphatic hydroxyl groups is 2. The van der Waals surface area contributed by atoms with Crippen molar-refractivity contribution in [2.45, 2.75) is 199 Å². The van der Waals surface area contributed by atoms with Gasteiger partial charge >= 0.3 is 5.97 Å². The van der Waals surface area contributed by atoms with E-state index in [1.807, 2.05) is 30.3 Å². The first-order valence-corrected chi connectivity index (χ1v) is 30.1. The van der Waals surface area contributed by atoms with E-state index in [0.717, 1.165) is 5.56 Å². The first kappa shape index (κ1) is 74.3. The number of hydrogen-bond acceptors (Lipinski definition) is 19. The molecule has 492 valence electrons. The molecule has 2 heterocycles. The number of aliphatic hydroxyl groups excluding tert-OH is 2. The largest absolute Gasteiger partial charge is 0.458 e. The van der Waals surface area contributed by atoms with Gasteiger partial charge in [-0.15, -0.1) is 0 Å². The van der Waals surface area contributed by atoms with Crippen LogP contribution in [0.15, 0.2) is 35.3 Å². The van der Waals surface area contributed by atoms with Crippen molar-refractivity contribution in [3.63, 3.8) is 0 Å². The molecular formula is C58H95N15O15. The van der Waals surface area contributed by atoms with Crippen molar-refractivity contribution in [2.75, 3.05) is 26.8 Å². The number of benzene rings is 1. The number of cyclic esters (lactones) is 1. The van der Waals surface area contributed by atoms with Gasteiger partial charge in [-0.1, -0.05) is 111 Å². The number of carbonyl (C=O) groups is 12. The van der Waals surface area contributed by atoms with Crippen LogP contribution in [0.3, 0.4) is 0 Å². The summed E-state index contributed by atoms with van der Waals surface area (Å²) < 4.78 is 5.73. The molecule has 0 bridgehead atoms. The van der Waals surface area contributed by atoms with Gasteiger partial charge in [-0.05, 0) is 69.4 Å². The van der Waals surface area contributed by atoms with Crippen molar-refractivity contribution < 1.29 is 72.5 Å². The van der Waals surface area contributed by atoms with Crippen LogP contribution < -0.4 is 75.3 Å². The van der Waals surface area contributed by atoms with E-state index < -0.39 is 199 Å². The Morgan fingerprint density at radius 2 is 1.11 bits per heavy atom. The maximum atomic E-state index is 14.4. The standard InChI is InChI=1S/C58H95N15O15/c1-12-28(5)42(70-49(79)37(61-11)23-34-19-17-16-18-20-34)53(83)67-39(26-74)51(81)65-36(21-22-41(59)76)48(78)69-44(30(7)14-3)55(85)71-43(29(6)13-2)54(84)68-40(27-75)52(82)73-46-33(10)88-57(87)45(31(8)15-4)72-50(80)38(24-35-25-62-58(60)64-35)66-47(77)32(9)63-56(46)86/h16-20,28-33,35-40,42-46,61,74-75H,12-15,21-27H2,1-11H3,(H2,59,76)(H,63,86)(H,65,81)(H,66,77)(H,67,83)(H,68,84)(H,69,78)(H,70,79)(H,71,85)(H,72,80)(H,73,82)(H3,60,62,64)/t28-,29-,30-,31-,32-,33-,35-,36+,37+,38-,39-,40+,42-,43-,44+,45-,46+/m0/s1. The highest BCUT2D eigenvalue weighted by Crippen LogP contribution is 2.18. The third-order valence-electron chi connectivity index (χ3n) is 16.1. The molecule has 0 saturated carbocycles. The number of ether oxygens (including phenoxy) is 1. The summed E-state index contributed by atoms with van der Waals surface area (Å²) in [5, 5.41) is 52.3. The average molecular weight is 1240 g/mol. The highest BCUT2D eigenvalue weighted by atomic mass is 16.5. The number of esters is 1. The van der Waals surface area contributed by atoms with Crippen LogP contribution in [0.1, 0.15) is 120 Å². The van der Waals surface area contributed by atoms with Crippen molar-refractivity contribution in [1.29, 1.82) is 0 Å². The highest BCUT2D eigenvalue weighted by molar-refractivity contribution is 5.99. The first-order valence-electron chi connectivity index (χ1n) is 30.1. The highest BCUT2D eigenvalue weighted by Gasteiger charge is 2.41. The van der Waals surface area contributed by atoms with E-state index in [2.05, 4.69) is 68.8 Å². The number of nitrogens with one attached hydrogen (secondary N) is 12. The molecule has 0 aromatic heterocycles. The minimum Gasteiger partial charge on any atom is -0.458 e. The van der Waals surface area contributed by atoms with Gasteiger partial charge in [0, 0.05) is 6.42 Å². The summed E-state index contributed by atoms with van der Waals surface area (Å²) in [6.45, 7) is 14.3. The van der Waals surface area contributed by atoms with Gasteiger partial charge in [-0.3, -0.25) is 57.7 Å². The zero-order chi connectivity index (χ0) is 66.1. The number of carbonyl (C=O) groups excluding carboxylic acids is 12. The maximum Gasteiger partial charge on any atom is 0.329 e. The fourth-order valence-electron chi connectivity index (χ4n) is 9.49. The molecular weight excluding hydrogens is 1150 g/mol. The van der Waals surface area contributed by atoms with E-state index in [9.17, 15) is 67.7 Å². The molecule has 88 heavy (non-hydrogen) atoms. The van der Waals surface area contributed by atoms with E-state index >= 15 is 0 Å². The summed E-state index contributed by atoms with van der Waals surface area (Å²) in [7, 11) is 1.60. The van der Waals surface area contributed by atoms with Crippen LogP contribution in [0.5, 0.6) is 0 Å². The topological polar surface area (TPSA) is 463 Å². The van der Waals surface area contributed by atoms with E-state index in [1.165, 1.54) is 13.8 Å². The summed E-state index contributed by atoms with van der Waals surface area (Å²) >= 11 is 0. The number of likely N-dealkylation sites (N-methyl/N-ethyl adjacent to an activating group) is 1. The zero-order valence-corrected chi connectivity index (χ0v) is 52.3. The van der Waals surface area contributed by atoms with Crippen LogP contribution in [0, 0.1) is 23.7 Å². The number of nitrogens with zero attached hydrogens (tertiary/aromatic N) is 1. The first-order chi connectivity index (χ1) is 41.6. The zero-order valence-electron chi connectivity index (χ0n) is 52.3. The lowest BCUT2D eigenvalue weighted by atomic mass is 9.94. The third-order valence-corrected chi connectivity index (χ3v) is 16.1. The molecule has 30 nitrogen and oxygen atoms in total. The van der Waals surface area contributed by atoms with Gasteiger partial charge in [0.15, 0.2) is 5.96 Å². The number of nitrogens with two attached hydrogens (primary N) is 2. The van der Waals surface area contributed by atoms with E-state index in [0.29, 0.717) is 19.3 Å². The van der Waals surface area contributed by atoms with Crippen LogP contribution in [-0.4, -0.2) is 193 Å². The van der Waals surface area contributed by atoms with Gasteiger partial charge < -0.3 is 90.2 Å². The number of guanidine groups is 1. The van der Waals surface area contributed by atoms with E-state index in [4.69, 9.17) is 16.2 Å². The number of aliphatic imine (C=N–C) groups is 1. The number of rotatable bonds is 32. The van der Waals surface area contributed by atoms with Crippen LogP contribution in [0.2, 0.25) is 0 Å². The third kappa shape index (κ3) is 22.3. The smallest absolute Gasteiger partial charge is 0.329 e. The average Bonchev–Trinajstić information content (AvgIpc) is 4.12. The SMILES string of the molecule is CC[C@H](C)[C@H](NC(=O)[C@@H](Cc1ccccc1)NC)C(=O)N[C@@H](CO)C(=O)N[C@H](CCC(N)=O)C(=O)N[C@@H](C(=O)N[C@H](C(=O)N[C@H](CO)C(=O)N[C@H]1C(=O)N[C@@H](C)C(=O)N[C@@H](C[C@H]2CN=C(N)N2)C(=O)N[C@@H]([C@@H](C)CC)C(=O)O[C@H]1C)[C@@H](C)CC)[C@@H](C)CC. The molecule has 0 spiro atoms. The minimum absolute atomic E-state index is 0.0104. The monoisotopic (exact) mass is 1240 g/mol. The van der Waals surface area contributed by atoms with Crippen molar-refractivity contribution in [1.82, 2.24) is 63.8 Å². The summed E-state index contributed by atoms with van der Waals surface area (Å²) in [5.74, 6) is -13.1. The van der Waals surface area contributed by atoms with Gasteiger partial charge in [-0.2, -0.15) is 0 Å². The lowest BCUT2D eigenvalue weighted by molar-refractivity contribution is -0.157. The molecule has 1 aromatic carbocycles. The molecule has 1 fully saturated rings. The second-order valence-corrected chi connectivity index (χ2v) is 22.8. The van der Waals surface area contributed by atoms with Crippen molar-refractivity contribution in [3.8, 4) is 0 Å². The molecule has 0 radical (unpaired) electrons. The van der Waals surface area contributed by atoms with Gasteiger partial charge in [-0.25, -0.2) is 4.79 Å². The Kier molecular flexibility index (Phi) is 30.7. The molecule has 17 atom stereocenters. The van der Waals surface area contributed by atoms with Crippen LogP contribution >= 0.6 is 0 Å². The lowest BCUT2D eigenvalue weighted by Gasteiger charge is -2.31. The van der Waals surface area contributed by atoms with Gasteiger partial charge in [0.25, 0.3) is 0 Å². The fourth-order valence-corrected chi connectivity index (χ4v) is 9.49. The quantitative estimate of drug-likeness (QED) is 0.0304. The summed E-state index contributed by atoms with van der Waals surface area (Å²) in [5.41, 5.74) is 12.1. The molecule has 0 unspecified atom stereocenters. The number of hydrogen-bond donors (Lipinski definition) is 16. The number of primary amides is 1. The second kappa shape index (κ2) is 36.4. The van der Waals surface area contributed by atoms with Crippen molar-refractivity contribution >= 4 is 76.9 Å². The molecule has 2 aliphatic heterocycles. The predicted octanol–water partition coefficient (Wildman–Crippen LogP) is -4.26. The van der Waals surface area contributed by atoms with Crippen molar-refractivity contribution in [3.05, 3.63) is 35.9 Å². The predicted molar refractivity (Wildman–Crippen MR) is 322 cm³/mol. The van der Waals surface area contributed by atoms with Crippen LogP contribution in [-0.2, 0) is 68.7 Å². The van der Waals surface area contributed by atoms with E-state index in [1.54, 1.807) is 62.4 Å². The Labute approximate surface area is 513 Å². The van der Waals surface area contributed by atoms with Crippen molar-refractivity contribution in [2.24, 2.45) is 40.1 Å². The van der Waals surface area contributed by atoms with Gasteiger partial charge in [0.2, 0.25) is 65.0 Å². The molecule has 11 amide bonds. The normalized spacial score (nSPS) is 22.7. The van der Waals surface area contributed by atoms with E-state index in [-0.39, 0.29) is 31.8 Å². The van der Waals surface area contributed by atoms with Crippen LogP contribution in [0.4, 0.5) is 0 Å². The molecule has 18 N–H and O–H groups in total. The molecule has 3 rings (SSSR count). The van der Waals surface area contributed by atoms with Crippen LogP contribution in [0.25, 0.3) is 0 Å². The Morgan fingerprint density at radius 1 is 0.625 bits per heavy atom. The Balaban J connectivity index is 1.85. The lowest BCUT2D eigenvalue weighted by Crippen LogP contribution is -2.63. The Bertz CT molecular complexity index is 2610. The Morgan fingerprint density at radius 3 is 1.59 bits per heavy atom. The maximum absolute atomic E-state index is 14.4. The molecule has 1 aromatic rings. The summed E-state index contributed by atoms with van der Waals surface area (Å²) in [6.07, 6.45) is -0.755. The molecule has 0 aliphatic carbocycles. The minimum atomic E-state index is -1.82. The van der Waals surface area contributed by atoms with Gasteiger partial charge in [0.05, 0.1) is 31.8 Å². The summed E-state index contributed by atoms with van der Waals surface area (Å²) in [4.78, 5) is 170. The molecule has 30 heteroatoms. The molecule has 1 saturated heterocycles. The second-order valence-electron chi connectivity index (χ2n) is 22.8. The Hall–Kier alpha value is -7.99. The van der Waals surface area contributed by atoms with Gasteiger partial charge in [0.1, 0.15) is 66.5 Å². The summed E-state index contributed by atoms with van der Waals surface area (Å²) in [6, 6.07) is -6.85. The molecule has 2 aliphatic rings. The number of amides is 11. The fraction of sp³-hybridized carbons (Fsp3) is 0.672.